The van der Waals surface area contributed by atoms with E-state index in [0.29, 0.717) is 23.8 Å². The lowest BCUT2D eigenvalue weighted by molar-refractivity contribution is 0.0668. The fraction of sp³-hybridized carbons (Fsp3) is 0.276. The van der Waals surface area contributed by atoms with E-state index in [2.05, 4.69) is 11.0 Å². The van der Waals surface area contributed by atoms with E-state index in [9.17, 15) is 9.50 Å². The third-order valence-electron chi connectivity index (χ3n) is 6.29. The van der Waals surface area contributed by atoms with Gasteiger partial charge in [0.15, 0.2) is 0 Å². The lowest BCUT2D eigenvalue weighted by atomic mass is 9.93. The molecule has 0 atom stereocenters. The van der Waals surface area contributed by atoms with Gasteiger partial charge < -0.3 is 14.6 Å². The number of phenolic OH excluding ortho intramolecular Hbond substituents is 1. The summed E-state index contributed by atoms with van der Waals surface area (Å²) in [7, 11) is 0. The first-order valence-corrected chi connectivity index (χ1v) is 12.2. The Bertz CT molecular complexity index is 1270. The third-order valence-corrected chi connectivity index (χ3v) is 6.60. The highest BCUT2D eigenvalue weighted by molar-refractivity contribution is 6.32. The molecule has 3 aromatic rings. The first-order chi connectivity index (χ1) is 17.5. The zero-order valence-electron chi connectivity index (χ0n) is 20.1. The Morgan fingerprint density at radius 1 is 1.11 bits per heavy atom. The molecule has 2 aliphatic rings. The van der Waals surface area contributed by atoms with Crippen molar-refractivity contribution in [2.75, 3.05) is 39.5 Å². The van der Waals surface area contributed by atoms with E-state index in [0.717, 1.165) is 53.4 Å². The number of likely N-dealkylation sites (tertiary alicyclic amines) is 1. The van der Waals surface area contributed by atoms with Crippen molar-refractivity contribution >= 4 is 22.7 Å². The molecule has 0 aliphatic carbocycles. The van der Waals surface area contributed by atoms with Gasteiger partial charge in [-0.3, -0.25) is 9.29 Å². The number of nitrogens with zero attached hydrogens (tertiary/aromatic N) is 2. The van der Waals surface area contributed by atoms with Crippen molar-refractivity contribution < 1.29 is 19.0 Å². The second kappa shape index (κ2) is 11.9. The van der Waals surface area contributed by atoms with Crippen LogP contribution in [0, 0.1) is 17.2 Å². The van der Waals surface area contributed by atoms with Gasteiger partial charge in [0.05, 0.1) is 18.3 Å². The molecule has 1 saturated heterocycles. The van der Waals surface area contributed by atoms with Gasteiger partial charge in [0.25, 0.3) is 0 Å². The second-order valence-electron chi connectivity index (χ2n) is 8.82. The Hall–Kier alpha value is -3.53. The van der Waals surface area contributed by atoms with Gasteiger partial charge in [0.2, 0.25) is 0 Å². The second-order valence-corrected chi connectivity index (χ2v) is 9.23. The van der Waals surface area contributed by atoms with Crippen LogP contribution < -0.4 is 9.47 Å². The van der Waals surface area contributed by atoms with Crippen molar-refractivity contribution in [2.45, 2.75) is 6.92 Å². The molecule has 0 radical (unpaired) electrons. The Labute approximate surface area is 216 Å². The van der Waals surface area contributed by atoms with Gasteiger partial charge in [0.1, 0.15) is 30.5 Å². The zero-order chi connectivity index (χ0) is 25.5. The van der Waals surface area contributed by atoms with Crippen molar-refractivity contribution in [1.82, 2.24) is 4.90 Å². The van der Waals surface area contributed by atoms with E-state index in [1.165, 1.54) is 0 Å². The lowest BCUT2D eigenvalue weighted by Gasteiger charge is -2.37. The summed E-state index contributed by atoms with van der Waals surface area (Å²) in [5.74, 6) is 2.12. The monoisotopic (exact) mass is 506 g/mol. The molecule has 0 amide bonds. The number of hydrogen-bond acceptors (Lipinski definition) is 5. The molecule has 5 rings (SSSR count). The van der Waals surface area contributed by atoms with E-state index >= 15 is 0 Å². The van der Waals surface area contributed by atoms with Crippen molar-refractivity contribution in [3.05, 3.63) is 88.4 Å². The van der Waals surface area contributed by atoms with Crippen LogP contribution in [0.1, 0.15) is 23.6 Å². The molecule has 0 bridgehead atoms. The van der Waals surface area contributed by atoms with Crippen LogP contribution in [0.15, 0.2) is 66.7 Å². The summed E-state index contributed by atoms with van der Waals surface area (Å²) in [5.41, 5.74) is 4.21. The minimum atomic E-state index is -0.184. The summed E-state index contributed by atoms with van der Waals surface area (Å²) in [6, 6.07) is 22.1. The Morgan fingerprint density at radius 3 is 2.58 bits per heavy atom. The molecule has 0 spiro atoms. The van der Waals surface area contributed by atoms with Gasteiger partial charge in [-0.1, -0.05) is 35.9 Å². The predicted octanol–water partition coefficient (Wildman–Crippen LogP) is 6.21. The van der Waals surface area contributed by atoms with Gasteiger partial charge in [-0.15, -0.1) is 0 Å². The highest BCUT2D eigenvalue weighted by Gasteiger charge is 2.25. The minimum absolute atomic E-state index is 0.184. The number of para-hydroxylation sites is 1. The number of rotatable bonds is 6. The van der Waals surface area contributed by atoms with Crippen molar-refractivity contribution in [1.29, 1.82) is 5.26 Å². The fourth-order valence-electron chi connectivity index (χ4n) is 4.23. The lowest BCUT2D eigenvalue weighted by Crippen LogP contribution is -2.49. The van der Waals surface area contributed by atoms with Crippen LogP contribution in [0.25, 0.3) is 11.1 Å². The van der Waals surface area contributed by atoms with Crippen molar-refractivity contribution in [2.24, 2.45) is 5.92 Å². The van der Waals surface area contributed by atoms with E-state index < -0.39 is 0 Å². The van der Waals surface area contributed by atoms with Crippen molar-refractivity contribution in [3.8, 4) is 23.3 Å². The molecule has 0 unspecified atom stereocenters. The number of halogens is 2. The number of ether oxygens (including phenoxy) is 2. The maximum absolute atomic E-state index is 12.1. The molecular formula is C29H28ClFN2O3. The molecule has 5 nitrogen and oxygen atoms in total. The molecule has 2 heterocycles. The summed E-state index contributed by atoms with van der Waals surface area (Å²) in [6.07, 6.45) is 0. The van der Waals surface area contributed by atoms with Crippen LogP contribution in [0.4, 0.5) is 4.39 Å². The number of aromatic hydroxyl groups is 1. The Morgan fingerprint density at radius 2 is 1.89 bits per heavy atom. The molecule has 2 aliphatic heterocycles. The first kappa shape index (κ1) is 25.6. The molecule has 1 N–H and O–H groups in total. The number of phenols is 1. The van der Waals surface area contributed by atoms with E-state index in [1.807, 2.05) is 43.3 Å². The van der Waals surface area contributed by atoms with Gasteiger partial charge >= 0.3 is 0 Å². The number of alkyl halides is 1. The summed E-state index contributed by atoms with van der Waals surface area (Å²) < 4.78 is 23.4. The van der Waals surface area contributed by atoms with Crippen LogP contribution in [0.2, 0.25) is 5.02 Å². The van der Waals surface area contributed by atoms with Crippen LogP contribution in [0.5, 0.6) is 17.2 Å². The molecule has 0 aromatic heterocycles. The minimum Gasteiger partial charge on any atom is -0.508 e. The Kier molecular flexibility index (Phi) is 8.48. The van der Waals surface area contributed by atoms with Gasteiger partial charge in [-0.05, 0) is 55.0 Å². The average molecular weight is 507 g/mol. The number of benzene rings is 3. The smallest absolute Gasteiger partial charge is 0.127 e. The van der Waals surface area contributed by atoms with E-state index in [-0.39, 0.29) is 18.3 Å². The van der Waals surface area contributed by atoms with Crippen LogP contribution in [-0.2, 0) is 0 Å². The van der Waals surface area contributed by atoms with Gasteiger partial charge in [0, 0.05) is 47.3 Å². The molecule has 1 fully saturated rings. The molecule has 3 aromatic carbocycles. The SMILES string of the molecule is CC1=C(c2ccc(C#N)cc2Cl)COc2ccc(O)cc21.FCC1CN(CCOc2ccccc2)C1. The maximum Gasteiger partial charge on any atom is 0.127 e. The predicted molar refractivity (Wildman–Crippen MR) is 140 cm³/mol. The maximum atomic E-state index is 12.1. The first-order valence-electron chi connectivity index (χ1n) is 11.8. The molecule has 0 saturated carbocycles. The van der Waals surface area contributed by atoms with Crippen LogP contribution in [-0.4, -0.2) is 49.5 Å². The summed E-state index contributed by atoms with van der Waals surface area (Å²) in [6.45, 7) is 5.55. The molecule has 36 heavy (non-hydrogen) atoms. The topological polar surface area (TPSA) is 65.7 Å². The number of nitriles is 1. The zero-order valence-corrected chi connectivity index (χ0v) is 20.8. The quantitative estimate of drug-likeness (QED) is 0.430. The summed E-state index contributed by atoms with van der Waals surface area (Å²) in [4.78, 5) is 2.22. The van der Waals surface area contributed by atoms with Crippen LogP contribution >= 0.6 is 11.6 Å². The average Bonchev–Trinajstić information content (AvgIpc) is 2.87. The standard InChI is InChI=1S/C17H12ClNO2.C12H16FNO/c1-10-14-7-12(20)3-5-17(14)21-9-15(10)13-4-2-11(8-19)6-16(13)18;13-8-11-9-14(10-11)6-7-15-12-4-2-1-3-5-12/h2-7,20H,9H2,1H3;1-5,11H,6-10H2. The fourth-order valence-corrected chi connectivity index (χ4v) is 4.53. The van der Waals surface area contributed by atoms with Crippen molar-refractivity contribution in [3.63, 3.8) is 0 Å². The molecular weight excluding hydrogens is 479 g/mol. The molecule has 186 valence electrons. The van der Waals surface area contributed by atoms with Crippen LogP contribution in [0.3, 0.4) is 0 Å². The highest BCUT2D eigenvalue weighted by Crippen LogP contribution is 2.40. The number of hydrogen-bond donors (Lipinski definition) is 1. The van der Waals surface area contributed by atoms with Gasteiger partial charge in [-0.25, -0.2) is 0 Å². The highest BCUT2D eigenvalue weighted by atomic mass is 35.5. The third kappa shape index (κ3) is 6.17. The van der Waals surface area contributed by atoms with Gasteiger partial charge in [-0.2, -0.15) is 5.26 Å². The normalized spacial score (nSPS) is 15.1. The van der Waals surface area contributed by atoms with E-state index in [1.54, 1.807) is 30.3 Å². The van der Waals surface area contributed by atoms with E-state index in [4.69, 9.17) is 26.3 Å². The Balaban J connectivity index is 0.000000179. The number of allylic oxidation sites excluding steroid dienone is 1. The largest absolute Gasteiger partial charge is 0.508 e. The molecule has 7 heteroatoms. The summed E-state index contributed by atoms with van der Waals surface area (Å²) in [5, 5.41) is 19.1. The number of fused-ring (bicyclic) bond motifs is 1. The summed E-state index contributed by atoms with van der Waals surface area (Å²) >= 11 is 6.27.